The van der Waals surface area contributed by atoms with Crippen molar-refractivity contribution in [3.05, 3.63) is 88.2 Å². The van der Waals surface area contributed by atoms with E-state index in [9.17, 15) is 9.59 Å². The number of ether oxygens (including phenoxy) is 3. The number of aromatic amines is 1. The maximum Gasteiger partial charge on any atom is 0.338 e. The van der Waals surface area contributed by atoms with Crippen LogP contribution in [0.3, 0.4) is 0 Å². The van der Waals surface area contributed by atoms with Gasteiger partial charge in [0.15, 0.2) is 11.2 Å². The monoisotopic (exact) mass is 511 g/mol. The summed E-state index contributed by atoms with van der Waals surface area (Å²) in [4.78, 5) is 32.7. The largest absolute Gasteiger partial charge is 0.497 e. The Morgan fingerprint density at radius 1 is 1.00 bits per heavy atom. The number of methoxy groups -OCH3 is 2. The highest BCUT2D eigenvalue weighted by Crippen LogP contribution is 2.34. The van der Waals surface area contributed by atoms with Gasteiger partial charge in [0.05, 0.1) is 38.5 Å². The molecule has 5 rings (SSSR count). The van der Waals surface area contributed by atoms with Gasteiger partial charge in [0.1, 0.15) is 17.3 Å². The lowest BCUT2D eigenvalue weighted by Gasteiger charge is -2.14. The van der Waals surface area contributed by atoms with Crippen LogP contribution in [0, 0.1) is 0 Å². The van der Waals surface area contributed by atoms with Crippen LogP contribution in [0.4, 0.5) is 0 Å². The minimum Gasteiger partial charge on any atom is -0.497 e. The Kier molecular flexibility index (Phi) is 6.86. The molecule has 0 radical (unpaired) electrons. The van der Waals surface area contributed by atoms with Crippen LogP contribution in [-0.4, -0.2) is 51.8 Å². The van der Waals surface area contributed by atoms with Gasteiger partial charge >= 0.3 is 5.97 Å². The standard InChI is InChI=1S/C28H25N5O5/c1-4-38-23-15-18(20-7-5-6-8-21(20)28(35)37-3)11-14-22(23)25-29-26-24(27(34)30-25)31-32-33(26)16-17-9-12-19(36-2)13-10-17/h5-15H,4,16H2,1-3H3,(H,29,30,34). The number of nitrogens with one attached hydrogen (secondary N) is 1. The highest BCUT2D eigenvalue weighted by Gasteiger charge is 2.18. The lowest BCUT2D eigenvalue weighted by molar-refractivity contribution is 0.0601. The van der Waals surface area contributed by atoms with Gasteiger partial charge in [0.25, 0.3) is 5.56 Å². The van der Waals surface area contributed by atoms with Gasteiger partial charge in [-0.1, -0.05) is 41.6 Å². The second kappa shape index (κ2) is 10.6. The molecule has 38 heavy (non-hydrogen) atoms. The van der Waals surface area contributed by atoms with E-state index in [0.717, 1.165) is 16.9 Å². The van der Waals surface area contributed by atoms with E-state index in [1.54, 1.807) is 30.0 Å². The SMILES string of the molecule is CCOc1cc(-c2ccccc2C(=O)OC)ccc1-c1nc2c(nnn2Cc2ccc(OC)cc2)c(=O)[nH]1. The molecule has 0 aliphatic heterocycles. The zero-order valence-electron chi connectivity index (χ0n) is 21.1. The Labute approximate surface area is 217 Å². The Balaban J connectivity index is 1.58. The maximum absolute atomic E-state index is 12.9. The molecule has 10 heteroatoms. The van der Waals surface area contributed by atoms with Crippen molar-refractivity contribution >= 4 is 17.1 Å². The van der Waals surface area contributed by atoms with Crippen molar-refractivity contribution in [1.82, 2.24) is 25.0 Å². The van der Waals surface area contributed by atoms with Crippen LogP contribution in [0.15, 0.2) is 71.5 Å². The summed E-state index contributed by atoms with van der Waals surface area (Å²) in [5.41, 5.74) is 3.51. The molecule has 0 aliphatic rings. The molecule has 1 N–H and O–H groups in total. The molecule has 0 aliphatic carbocycles. The summed E-state index contributed by atoms with van der Waals surface area (Å²) in [5.74, 6) is 1.13. The molecule has 0 atom stereocenters. The molecule has 0 bridgehead atoms. The van der Waals surface area contributed by atoms with Gasteiger partial charge in [-0.25, -0.2) is 14.5 Å². The second-order valence-corrected chi connectivity index (χ2v) is 8.36. The number of benzene rings is 3. The van der Waals surface area contributed by atoms with Crippen LogP contribution in [-0.2, 0) is 11.3 Å². The number of aromatic nitrogens is 5. The van der Waals surface area contributed by atoms with E-state index < -0.39 is 11.5 Å². The van der Waals surface area contributed by atoms with Crippen molar-refractivity contribution < 1.29 is 19.0 Å². The van der Waals surface area contributed by atoms with E-state index in [2.05, 4.69) is 15.3 Å². The first-order valence-corrected chi connectivity index (χ1v) is 11.9. The molecule has 192 valence electrons. The van der Waals surface area contributed by atoms with Crippen molar-refractivity contribution in [1.29, 1.82) is 0 Å². The number of hydrogen-bond acceptors (Lipinski definition) is 8. The third kappa shape index (κ3) is 4.71. The Morgan fingerprint density at radius 3 is 2.53 bits per heavy atom. The first-order valence-electron chi connectivity index (χ1n) is 11.9. The van der Waals surface area contributed by atoms with Crippen molar-refractivity contribution in [2.24, 2.45) is 0 Å². The lowest BCUT2D eigenvalue weighted by Crippen LogP contribution is -2.12. The number of carbonyl (C=O) groups excluding carboxylic acids is 1. The first-order chi connectivity index (χ1) is 18.5. The highest BCUT2D eigenvalue weighted by atomic mass is 16.5. The summed E-state index contributed by atoms with van der Waals surface area (Å²) in [7, 11) is 2.96. The Hall–Kier alpha value is -4.99. The minimum absolute atomic E-state index is 0.142. The average Bonchev–Trinajstić information content (AvgIpc) is 3.36. The van der Waals surface area contributed by atoms with E-state index in [0.29, 0.717) is 47.1 Å². The first kappa shape index (κ1) is 24.7. The molecule has 10 nitrogen and oxygen atoms in total. The van der Waals surface area contributed by atoms with Crippen LogP contribution in [0.1, 0.15) is 22.8 Å². The molecule has 0 spiro atoms. The average molecular weight is 512 g/mol. The van der Waals surface area contributed by atoms with Gasteiger partial charge in [-0.15, -0.1) is 5.10 Å². The van der Waals surface area contributed by atoms with Gasteiger partial charge in [-0.05, 0) is 53.9 Å². The van der Waals surface area contributed by atoms with Gasteiger partial charge in [0, 0.05) is 0 Å². The van der Waals surface area contributed by atoms with Crippen LogP contribution in [0.25, 0.3) is 33.7 Å². The topological polar surface area (TPSA) is 121 Å². The molecule has 0 saturated carbocycles. The number of hydrogen-bond donors (Lipinski definition) is 1. The van der Waals surface area contributed by atoms with E-state index in [-0.39, 0.29) is 5.52 Å². The van der Waals surface area contributed by atoms with Crippen LogP contribution < -0.4 is 15.0 Å². The zero-order chi connectivity index (χ0) is 26.6. The number of rotatable bonds is 8. The van der Waals surface area contributed by atoms with Gasteiger partial charge in [-0.3, -0.25) is 4.79 Å². The summed E-state index contributed by atoms with van der Waals surface area (Å²) in [6.07, 6.45) is 0. The van der Waals surface area contributed by atoms with Gasteiger partial charge < -0.3 is 19.2 Å². The van der Waals surface area contributed by atoms with E-state index in [4.69, 9.17) is 19.2 Å². The van der Waals surface area contributed by atoms with Crippen LogP contribution in [0.5, 0.6) is 11.5 Å². The van der Waals surface area contributed by atoms with E-state index in [1.165, 1.54) is 7.11 Å². The van der Waals surface area contributed by atoms with Crippen molar-refractivity contribution in [3.63, 3.8) is 0 Å². The third-order valence-corrected chi connectivity index (χ3v) is 6.05. The predicted molar refractivity (Wildman–Crippen MR) is 141 cm³/mol. The van der Waals surface area contributed by atoms with Crippen LogP contribution >= 0.6 is 0 Å². The number of H-pyrrole nitrogens is 1. The summed E-state index contributed by atoms with van der Waals surface area (Å²) >= 11 is 0. The van der Waals surface area contributed by atoms with Crippen molar-refractivity contribution in [3.8, 4) is 34.0 Å². The molecule has 2 aromatic heterocycles. The fourth-order valence-electron chi connectivity index (χ4n) is 4.19. The number of carbonyl (C=O) groups is 1. The summed E-state index contributed by atoms with van der Waals surface area (Å²) in [6.45, 7) is 2.63. The Bertz CT molecular complexity index is 1670. The summed E-state index contributed by atoms with van der Waals surface area (Å²) in [5, 5.41) is 8.19. The number of fused-ring (bicyclic) bond motifs is 1. The normalized spacial score (nSPS) is 10.9. The molecule has 2 heterocycles. The molecule has 0 saturated heterocycles. The lowest BCUT2D eigenvalue weighted by atomic mass is 9.98. The smallest absolute Gasteiger partial charge is 0.338 e. The molecule has 3 aromatic carbocycles. The highest BCUT2D eigenvalue weighted by molar-refractivity contribution is 5.97. The molecule has 0 fully saturated rings. The van der Waals surface area contributed by atoms with Crippen LogP contribution in [0.2, 0.25) is 0 Å². The number of esters is 1. The fourth-order valence-corrected chi connectivity index (χ4v) is 4.19. The van der Waals surface area contributed by atoms with Crippen molar-refractivity contribution in [2.45, 2.75) is 13.5 Å². The number of nitrogens with zero attached hydrogens (tertiary/aromatic N) is 4. The second-order valence-electron chi connectivity index (χ2n) is 8.36. The fraction of sp³-hybridized carbons (Fsp3) is 0.179. The predicted octanol–water partition coefficient (Wildman–Crippen LogP) is 4.09. The zero-order valence-corrected chi connectivity index (χ0v) is 21.1. The minimum atomic E-state index is -0.434. The third-order valence-electron chi connectivity index (χ3n) is 6.05. The van der Waals surface area contributed by atoms with Gasteiger partial charge in [0.2, 0.25) is 0 Å². The summed E-state index contributed by atoms with van der Waals surface area (Å²) in [6, 6.07) is 20.2. The van der Waals surface area contributed by atoms with Crippen molar-refractivity contribution in [2.75, 3.05) is 20.8 Å². The van der Waals surface area contributed by atoms with E-state index >= 15 is 0 Å². The quantitative estimate of drug-likeness (QED) is 0.309. The molecule has 0 amide bonds. The maximum atomic E-state index is 12.9. The molecular formula is C28H25N5O5. The van der Waals surface area contributed by atoms with Gasteiger partial charge in [-0.2, -0.15) is 0 Å². The molecule has 5 aromatic rings. The summed E-state index contributed by atoms with van der Waals surface area (Å²) < 4.78 is 17.7. The molecule has 0 unspecified atom stereocenters. The van der Waals surface area contributed by atoms with E-state index in [1.807, 2.05) is 55.5 Å². The Morgan fingerprint density at radius 2 is 1.79 bits per heavy atom. The molecular weight excluding hydrogens is 486 g/mol.